The first-order chi connectivity index (χ1) is 27.9. The number of nitrogens with one attached hydrogen (secondary N) is 3. The number of benzene rings is 1. The third-order valence-corrected chi connectivity index (χ3v) is 14.2. The lowest BCUT2D eigenvalue weighted by Gasteiger charge is -2.34. The van der Waals surface area contributed by atoms with Gasteiger partial charge in [-0.1, -0.05) is 26.0 Å². The molecule has 2 aliphatic heterocycles. The van der Waals surface area contributed by atoms with Gasteiger partial charge in [-0.05, 0) is 83.3 Å². The summed E-state index contributed by atoms with van der Waals surface area (Å²) < 4.78 is 85.6. The molecule has 0 spiro atoms. The number of carbonyl (C=O) groups excluding carboxylic acids is 4. The predicted octanol–water partition coefficient (Wildman–Crippen LogP) is 4.37. The number of carbonyl (C=O) groups is 4. The fourth-order valence-corrected chi connectivity index (χ4v) is 9.00. The van der Waals surface area contributed by atoms with Crippen LogP contribution in [0.15, 0.2) is 30.4 Å². The van der Waals surface area contributed by atoms with Gasteiger partial charge in [-0.25, -0.2) is 18.2 Å². The Morgan fingerprint density at radius 2 is 1.78 bits per heavy atom. The Hall–Kier alpha value is -4.88. The summed E-state index contributed by atoms with van der Waals surface area (Å²) in [7, 11) is 0.887. The molecule has 7 atom stereocenters. The fourth-order valence-electron chi connectivity index (χ4n) is 7.69. The molecule has 1 aromatic heterocycles. The maximum Gasteiger partial charge on any atom is 0.427 e. The smallest absolute Gasteiger partial charge is 0.427 e. The van der Waals surface area contributed by atoms with Crippen LogP contribution in [0.5, 0.6) is 11.6 Å². The van der Waals surface area contributed by atoms with Crippen LogP contribution in [0.1, 0.15) is 79.6 Å². The molecule has 2 saturated carbocycles. The summed E-state index contributed by atoms with van der Waals surface area (Å²) in [6, 6.07) is 2.28. The van der Waals surface area contributed by atoms with Crippen molar-refractivity contribution in [2.45, 2.75) is 120 Å². The lowest BCUT2D eigenvalue weighted by molar-refractivity contribution is -0.244. The molecule has 2 aliphatic carbocycles. The maximum absolute atomic E-state index is 14.8. The van der Waals surface area contributed by atoms with Gasteiger partial charge in [-0.15, -0.1) is 0 Å². The Labute approximate surface area is 347 Å². The topological polar surface area (TPSA) is 198 Å². The number of alkyl carbamates (subject to hydrolysis) is 1. The van der Waals surface area contributed by atoms with Gasteiger partial charge in [0, 0.05) is 32.5 Å². The molecule has 0 bridgehead atoms. The third-order valence-electron chi connectivity index (χ3n) is 12.1. The van der Waals surface area contributed by atoms with E-state index in [1.165, 1.54) is 18.9 Å². The number of aromatic nitrogens is 2. The van der Waals surface area contributed by atoms with Gasteiger partial charge >= 0.3 is 12.3 Å². The Morgan fingerprint density at radius 1 is 1.08 bits per heavy atom. The number of hydrogen-bond acceptors (Lipinski definition) is 12. The number of nitrogens with zero attached hydrogens (tertiary/aromatic N) is 4. The van der Waals surface area contributed by atoms with Gasteiger partial charge in [0.15, 0.2) is 0 Å². The molecule has 3 heterocycles. The second-order valence-electron chi connectivity index (χ2n) is 17.6. The van der Waals surface area contributed by atoms with E-state index in [9.17, 15) is 40.8 Å². The van der Waals surface area contributed by atoms with Gasteiger partial charge in [0.25, 0.3) is 5.91 Å². The van der Waals surface area contributed by atoms with Crippen LogP contribution in [0, 0.1) is 17.8 Å². The predicted molar refractivity (Wildman–Crippen MR) is 213 cm³/mol. The second-order valence-corrected chi connectivity index (χ2v) is 19.8. The highest BCUT2D eigenvalue weighted by Crippen LogP contribution is 2.48. The van der Waals surface area contributed by atoms with Gasteiger partial charge in [0.05, 0.1) is 29.3 Å². The van der Waals surface area contributed by atoms with Gasteiger partial charge in [0.1, 0.15) is 29.5 Å². The SMILES string of the molecule is COc1ccc2c(OC3C[C@H]4C(=O)N[C@]5(C(=O)NS(=O)(=O)C6(C)CC6)C[C@H]5/C=C\CC[C@H](C)C[C@@H](C)[C@H](NC(=O)OC(C)(C)C(F)(F)F)C(=O)N4C3)nc(N(C)C)nc2c1. The number of methoxy groups -OCH3 is 1. The number of alkyl halides is 3. The minimum absolute atomic E-state index is 0.0491. The number of ether oxygens (including phenoxy) is 3. The van der Waals surface area contributed by atoms with E-state index in [1.54, 1.807) is 50.2 Å². The Balaban J connectivity index is 1.38. The maximum atomic E-state index is 14.8. The standard InChI is InChI=1S/C40H54F3N7O9S/c1-22-11-9-10-12-24-20-39(24,34(53)48-60(55,56)38(5)15-16-38)47-31(51)29-19-26(58-32-27-14-13-25(57-8)18-28(27)44-35(46-32)49(6)7)21-50(29)33(52)30(23(2)17-22)45-36(54)59-37(3,4)40(41,42)43/h10,12-14,18,22-24,26,29-30H,9,11,15-17,19-21H2,1-8H3,(H,45,54)(H,47,51)(H,48,53)/b12-10-/t22-,23+,24+,26?,29-,30-,39+/m0/s1. The van der Waals surface area contributed by atoms with Crippen molar-refractivity contribution in [3.8, 4) is 11.6 Å². The molecule has 60 heavy (non-hydrogen) atoms. The Bertz CT molecular complexity index is 2160. The zero-order valence-corrected chi connectivity index (χ0v) is 35.8. The van der Waals surface area contributed by atoms with Gasteiger partial charge in [-0.2, -0.15) is 18.2 Å². The normalized spacial score (nSPS) is 28.8. The van der Waals surface area contributed by atoms with Crippen LogP contribution in [-0.4, -0.2) is 115 Å². The average Bonchev–Trinajstić information content (AvgIpc) is 4.04. The first-order valence-electron chi connectivity index (χ1n) is 20.0. The number of allylic oxidation sites excluding steroid dienone is 1. The van der Waals surface area contributed by atoms with Crippen molar-refractivity contribution in [1.82, 2.24) is 30.2 Å². The summed E-state index contributed by atoms with van der Waals surface area (Å²) in [5.74, 6) is -2.82. The molecular weight excluding hydrogens is 812 g/mol. The number of anilines is 1. The van der Waals surface area contributed by atoms with Gasteiger partial charge in [0.2, 0.25) is 39.3 Å². The van der Waals surface area contributed by atoms with Crippen LogP contribution in [0.4, 0.5) is 23.9 Å². The largest absolute Gasteiger partial charge is 0.497 e. The van der Waals surface area contributed by atoms with Crippen LogP contribution < -0.4 is 29.7 Å². The summed E-state index contributed by atoms with van der Waals surface area (Å²) in [6.07, 6.45) is -1.49. The number of rotatable bonds is 9. The summed E-state index contributed by atoms with van der Waals surface area (Å²) in [5, 5.41) is 5.68. The van der Waals surface area contributed by atoms with Crippen LogP contribution >= 0.6 is 0 Å². The number of sulfonamides is 1. The summed E-state index contributed by atoms with van der Waals surface area (Å²) in [4.78, 5) is 68.6. The lowest BCUT2D eigenvalue weighted by atomic mass is 9.88. The molecule has 3 fully saturated rings. The average molecular weight is 866 g/mol. The molecule has 4 aliphatic rings. The molecule has 0 radical (unpaired) electrons. The van der Waals surface area contributed by atoms with Crippen LogP contribution in [0.3, 0.4) is 0 Å². The first-order valence-corrected chi connectivity index (χ1v) is 21.5. The molecule has 16 nitrogen and oxygen atoms in total. The van der Waals surface area contributed by atoms with E-state index in [1.807, 2.05) is 13.0 Å². The lowest BCUT2D eigenvalue weighted by Crippen LogP contribution is -2.59. The van der Waals surface area contributed by atoms with E-state index in [2.05, 4.69) is 25.3 Å². The van der Waals surface area contributed by atoms with E-state index in [-0.39, 0.29) is 37.1 Å². The van der Waals surface area contributed by atoms with Crippen molar-refractivity contribution in [3.63, 3.8) is 0 Å². The third kappa shape index (κ3) is 9.07. The highest BCUT2D eigenvalue weighted by Gasteiger charge is 2.63. The van der Waals surface area contributed by atoms with Gasteiger partial charge < -0.3 is 34.6 Å². The Morgan fingerprint density at radius 3 is 2.42 bits per heavy atom. The summed E-state index contributed by atoms with van der Waals surface area (Å²) in [5.41, 5.74) is -4.08. The molecule has 1 aromatic carbocycles. The monoisotopic (exact) mass is 865 g/mol. The van der Waals surface area contributed by atoms with Crippen LogP contribution in [0.2, 0.25) is 0 Å². The summed E-state index contributed by atoms with van der Waals surface area (Å²) >= 11 is 0. The molecule has 4 amide bonds. The van der Waals surface area contributed by atoms with Crippen LogP contribution in [0.25, 0.3) is 10.9 Å². The van der Waals surface area contributed by atoms with E-state index >= 15 is 0 Å². The van der Waals surface area contributed by atoms with E-state index in [4.69, 9.17) is 14.2 Å². The molecule has 6 rings (SSSR count). The molecular formula is C40H54F3N7O9S. The number of hydrogen-bond donors (Lipinski definition) is 3. The van der Waals surface area contributed by atoms with E-state index < -0.39 is 85.9 Å². The molecule has 1 saturated heterocycles. The molecule has 1 unspecified atom stereocenters. The van der Waals surface area contributed by atoms with Crippen molar-refractivity contribution >= 4 is 50.7 Å². The highest BCUT2D eigenvalue weighted by molar-refractivity contribution is 7.91. The minimum atomic E-state index is -4.92. The van der Waals surface area contributed by atoms with E-state index in [0.717, 1.165) is 0 Å². The zero-order chi connectivity index (χ0) is 44.2. The zero-order valence-electron chi connectivity index (χ0n) is 35.0. The van der Waals surface area contributed by atoms with Crippen molar-refractivity contribution < 1.29 is 55.0 Å². The van der Waals surface area contributed by atoms with Crippen molar-refractivity contribution in [3.05, 3.63) is 30.4 Å². The highest BCUT2D eigenvalue weighted by atomic mass is 32.2. The molecule has 20 heteroatoms. The van der Waals surface area contributed by atoms with E-state index in [0.29, 0.717) is 62.6 Å². The number of halogens is 3. The minimum Gasteiger partial charge on any atom is -0.497 e. The van der Waals surface area contributed by atoms with Crippen LogP contribution in [-0.2, 0) is 29.1 Å². The molecule has 330 valence electrons. The van der Waals surface area contributed by atoms with Crippen molar-refractivity contribution in [1.29, 1.82) is 0 Å². The Kier molecular flexibility index (Phi) is 12.1. The first kappa shape index (κ1) is 44.7. The van der Waals surface area contributed by atoms with Crippen molar-refractivity contribution in [2.75, 3.05) is 32.6 Å². The quantitative estimate of drug-likeness (QED) is 0.302. The number of fused-ring (bicyclic) bond motifs is 3. The van der Waals surface area contributed by atoms with Gasteiger partial charge in [-0.3, -0.25) is 19.1 Å². The van der Waals surface area contributed by atoms with Crippen molar-refractivity contribution in [2.24, 2.45) is 17.8 Å². The number of amides is 4. The molecule has 2 aromatic rings. The molecule has 3 N–H and O–H groups in total. The summed E-state index contributed by atoms with van der Waals surface area (Å²) in [6.45, 7) is 6.29. The fraction of sp³-hybridized carbons (Fsp3) is 0.650. The second kappa shape index (κ2) is 16.2.